The van der Waals surface area contributed by atoms with Gasteiger partial charge in [0, 0.05) is 0 Å². The van der Waals surface area contributed by atoms with E-state index in [1.807, 2.05) is 0 Å². The Morgan fingerprint density at radius 2 is 0.812 bits per heavy atom. The van der Waals surface area contributed by atoms with Gasteiger partial charge in [0.2, 0.25) is 0 Å². The maximum Gasteiger partial charge on any atom is -0.00489 e. The predicted molar refractivity (Wildman–Crippen MR) is 144 cm³/mol. The van der Waals surface area contributed by atoms with Crippen molar-refractivity contribution in [1.29, 1.82) is 0 Å². The van der Waals surface area contributed by atoms with E-state index < -0.39 is 0 Å². The van der Waals surface area contributed by atoms with Crippen molar-refractivity contribution in [2.75, 3.05) is 19.6 Å². The van der Waals surface area contributed by atoms with Crippen molar-refractivity contribution < 1.29 is 0 Å². The number of aryl methyl sites for hydroxylation is 1. The van der Waals surface area contributed by atoms with Crippen LogP contribution in [0.25, 0.3) is 0 Å². The Morgan fingerprint density at radius 1 is 0.438 bits per heavy atom. The summed E-state index contributed by atoms with van der Waals surface area (Å²) in [5.74, 6) is 0. The molecule has 0 radical (unpaired) electrons. The topological polar surface area (TPSA) is 38.0 Å². The average molecular weight is 445 g/mol. The first-order chi connectivity index (χ1) is 15.9. The first-order valence-corrected chi connectivity index (χ1v) is 14.4. The number of benzene rings is 1. The fraction of sp³-hybridized carbons (Fsp3) is 0.800. The molecule has 0 bridgehead atoms. The van der Waals surface area contributed by atoms with Gasteiger partial charge in [0.1, 0.15) is 0 Å². The van der Waals surface area contributed by atoms with Gasteiger partial charge in [-0.25, -0.2) is 0 Å². The van der Waals surface area contributed by atoms with E-state index in [4.69, 9.17) is 5.73 Å². The first kappa shape index (κ1) is 29.2. The lowest BCUT2D eigenvalue weighted by atomic mass is 10.0. The molecule has 2 heteroatoms. The van der Waals surface area contributed by atoms with Gasteiger partial charge in [-0.05, 0) is 57.3 Å². The van der Waals surface area contributed by atoms with Gasteiger partial charge in [-0.3, -0.25) is 0 Å². The second kappa shape index (κ2) is 24.8. The Labute approximate surface area is 201 Å². The van der Waals surface area contributed by atoms with Crippen LogP contribution in [0.3, 0.4) is 0 Å². The van der Waals surface area contributed by atoms with Gasteiger partial charge in [0.15, 0.2) is 0 Å². The molecule has 0 unspecified atom stereocenters. The number of nitrogens with two attached hydrogens (primary N) is 1. The second-order valence-corrected chi connectivity index (χ2v) is 9.85. The Bertz CT molecular complexity index is 459. The molecule has 0 saturated carbocycles. The summed E-state index contributed by atoms with van der Waals surface area (Å²) in [6, 6.07) is 10.9. The maximum absolute atomic E-state index is 5.52. The van der Waals surface area contributed by atoms with Crippen LogP contribution in [0.15, 0.2) is 30.3 Å². The zero-order chi connectivity index (χ0) is 22.8. The summed E-state index contributed by atoms with van der Waals surface area (Å²) in [6.07, 6.45) is 29.4. The third kappa shape index (κ3) is 21.0. The van der Waals surface area contributed by atoms with Crippen molar-refractivity contribution in [2.45, 2.75) is 135 Å². The van der Waals surface area contributed by atoms with Crippen LogP contribution in [-0.2, 0) is 6.42 Å². The summed E-state index contributed by atoms with van der Waals surface area (Å²) in [7, 11) is 0. The number of hydrogen-bond acceptors (Lipinski definition) is 2. The van der Waals surface area contributed by atoms with Gasteiger partial charge in [0.25, 0.3) is 0 Å². The molecule has 32 heavy (non-hydrogen) atoms. The van der Waals surface area contributed by atoms with Crippen LogP contribution >= 0.6 is 0 Å². The molecule has 186 valence electrons. The molecule has 0 aliphatic carbocycles. The molecule has 3 N–H and O–H groups in total. The molecule has 0 heterocycles. The largest absolute Gasteiger partial charge is 0.330 e. The van der Waals surface area contributed by atoms with Gasteiger partial charge in [-0.15, -0.1) is 0 Å². The molecule has 0 fully saturated rings. The van der Waals surface area contributed by atoms with Crippen LogP contribution in [-0.4, -0.2) is 19.6 Å². The maximum atomic E-state index is 5.52. The van der Waals surface area contributed by atoms with Crippen molar-refractivity contribution in [1.82, 2.24) is 5.32 Å². The lowest BCUT2D eigenvalue weighted by Crippen LogP contribution is -2.16. The van der Waals surface area contributed by atoms with Crippen molar-refractivity contribution in [3.05, 3.63) is 35.9 Å². The third-order valence-corrected chi connectivity index (χ3v) is 6.72. The number of unbranched alkanes of at least 4 members (excludes halogenated alkanes) is 18. The highest BCUT2D eigenvalue weighted by Crippen LogP contribution is 2.14. The number of rotatable bonds is 25. The van der Waals surface area contributed by atoms with E-state index in [1.165, 1.54) is 153 Å². The van der Waals surface area contributed by atoms with Crippen molar-refractivity contribution in [2.24, 2.45) is 5.73 Å². The van der Waals surface area contributed by atoms with Crippen LogP contribution in [0, 0.1) is 0 Å². The van der Waals surface area contributed by atoms with Crippen LogP contribution in [0.5, 0.6) is 0 Å². The molecule has 0 amide bonds. The van der Waals surface area contributed by atoms with Crippen molar-refractivity contribution in [3.8, 4) is 0 Å². The van der Waals surface area contributed by atoms with Gasteiger partial charge in [-0.2, -0.15) is 0 Å². The van der Waals surface area contributed by atoms with Crippen LogP contribution < -0.4 is 11.1 Å². The van der Waals surface area contributed by atoms with Gasteiger partial charge >= 0.3 is 0 Å². The summed E-state index contributed by atoms with van der Waals surface area (Å²) >= 11 is 0. The number of hydrogen-bond donors (Lipinski definition) is 2. The van der Waals surface area contributed by atoms with Crippen LogP contribution in [0.2, 0.25) is 0 Å². The molecule has 0 atom stereocenters. The molecule has 0 aromatic heterocycles. The highest BCUT2D eigenvalue weighted by molar-refractivity contribution is 5.14. The average Bonchev–Trinajstić information content (AvgIpc) is 2.82. The van der Waals surface area contributed by atoms with E-state index in [2.05, 4.69) is 35.6 Å². The highest BCUT2D eigenvalue weighted by Gasteiger charge is 1.96. The van der Waals surface area contributed by atoms with Gasteiger partial charge in [-0.1, -0.05) is 133 Å². The zero-order valence-corrected chi connectivity index (χ0v) is 21.4. The lowest BCUT2D eigenvalue weighted by Gasteiger charge is -2.05. The van der Waals surface area contributed by atoms with Crippen molar-refractivity contribution >= 4 is 0 Å². The Morgan fingerprint density at radius 3 is 1.25 bits per heavy atom. The zero-order valence-electron chi connectivity index (χ0n) is 21.4. The lowest BCUT2D eigenvalue weighted by molar-refractivity contribution is 0.521. The van der Waals surface area contributed by atoms with Crippen LogP contribution in [0.1, 0.15) is 134 Å². The molecule has 1 aromatic rings. The summed E-state index contributed by atoms with van der Waals surface area (Å²) in [6.45, 7) is 3.26. The minimum atomic E-state index is 0.851. The first-order valence-electron chi connectivity index (χ1n) is 14.4. The van der Waals surface area contributed by atoms with E-state index >= 15 is 0 Å². The molecule has 0 aliphatic rings. The Hall–Kier alpha value is -0.860. The second-order valence-electron chi connectivity index (χ2n) is 9.85. The quantitative estimate of drug-likeness (QED) is 0.148. The molecule has 2 nitrogen and oxygen atoms in total. The Balaban J connectivity index is 1.64. The number of nitrogens with one attached hydrogen (secondary N) is 1. The summed E-state index contributed by atoms with van der Waals surface area (Å²) < 4.78 is 0. The summed E-state index contributed by atoms with van der Waals surface area (Å²) in [5.41, 5.74) is 7.02. The van der Waals surface area contributed by atoms with Crippen molar-refractivity contribution in [3.63, 3.8) is 0 Å². The normalized spacial score (nSPS) is 11.3. The Kier molecular flexibility index (Phi) is 22.6. The third-order valence-electron chi connectivity index (χ3n) is 6.72. The molecule has 1 rings (SSSR count). The molecular formula is C30H56N2. The fourth-order valence-corrected chi connectivity index (χ4v) is 4.57. The van der Waals surface area contributed by atoms with E-state index in [-0.39, 0.29) is 0 Å². The van der Waals surface area contributed by atoms with E-state index in [0.29, 0.717) is 0 Å². The monoisotopic (exact) mass is 444 g/mol. The SMILES string of the molecule is NCCCCCCNCCCCCCCCCCCCCCCCCCc1ccccc1. The van der Waals surface area contributed by atoms with E-state index in [1.54, 1.807) is 0 Å². The minimum absolute atomic E-state index is 0.851. The van der Waals surface area contributed by atoms with Gasteiger partial charge < -0.3 is 11.1 Å². The molecule has 0 spiro atoms. The summed E-state index contributed by atoms with van der Waals surface area (Å²) in [5, 5.41) is 3.59. The molecular weight excluding hydrogens is 388 g/mol. The van der Waals surface area contributed by atoms with Crippen LogP contribution in [0.4, 0.5) is 0 Å². The predicted octanol–water partition coefficient (Wildman–Crippen LogP) is 8.58. The molecule has 0 saturated heterocycles. The fourth-order valence-electron chi connectivity index (χ4n) is 4.57. The standard InChI is InChI=1S/C30H56N2/c31-27-21-14-16-23-29-32-28-22-15-12-10-8-6-4-2-1-3-5-7-9-11-13-18-24-30-25-19-17-20-26-30/h17,19-20,25-26,32H,1-16,18,21-24,27-29,31H2. The molecule has 0 aliphatic heterocycles. The highest BCUT2D eigenvalue weighted by atomic mass is 14.8. The summed E-state index contributed by atoms with van der Waals surface area (Å²) in [4.78, 5) is 0. The van der Waals surface area contributed by atoms with Gasteiger partial charge in [0.05, 0.1) is 0 Å². The van der Waals surface area contributed by atoms with E-state index in [0.717, 1.165) is 6.54 Å². The minimum Gasteiger partial charge on any atom is -0.330 e. The van der Waals surface area contributed by atoms with E-state index in [9.17, 15) is 0 Å². The smallest absolute Gasteiger partial charge is 0.00489 e. The molecule has 1 aromatic carbocycles.